The summed E-state index contributed by atoms with van der Waals surface area (Å²) >= 11 is 3.30. The molecule has 4 heteroatoms. The van der Waals surface area contributed by atoms with Crippen LogP contribution in [0.15, 0.2) is 22.7 Å². The van der Waals surface area contributed by atoms with Gasteiger partial charge in [0, 0.05) is 4.47 Å². The molecule has 12 heavy (non-hydrogen) atoms. The van der Waals surface area contributed by atoms with E-state index in [2.05, 4.69) is 20.8 Å². The van der Waals surface area contributed by atoms with Gasteiger partial charge in [-0.25, -0.2) is 10.3 Å². The van der Waals surface area contributed by atoms with Crippen molar-refractivity contribution in [3.05, 3.63) is 34.1 Å². The molecule has 0 aliphatic rings. The van der Waals surface area contributed by atoms with Gasteiger partial charge in [0.05, 0.1) is 6.61 Å². The van der Waals surface area contributed by atoms with Crippen LogP contribution in [0.1, 0.15) is 5.56 Å². The summed E-state index contributed by atoms with van der Waals surface area (Å²) in [5.74, 6) is 4.61. The SMILES string of the molecule is NOCCc1cc(F)ccc1Br. The molecule has 1 rings (SSSR count). The molecule has 0 radical (unpaired) electrons. The fraction of sp³-hybridized carbons (Fsp3) is 0.250. The maximum absolute atomic E-state index is 12.7. The van der Waals surface area contributed by atoms with Crippen LogP contribution < -0.4 is 5.90 Å². The Morgan fingerprint density at radius 2 is 2.25 bits per heavy atom. The van der Waals surface area contributed by atoms with Crippen molar-refractivity contribution < 1.29 is 9.23 Å². The quantitative estimate of drug-likeness (QED) is 0.812. The standard InChI is InChI=1S/C8H9BrFNO/c9-8-2-1-7(10)5-6(8)3-4-12-11/h1-2,5H,3-4,11H2. The molecule has 0 amide bonds. The lowest BCUT2D eigenvalue weighted by atomic mass is 10.2. The molecule has 2 nitrogen and oxygen atoms in total. The Morgan fingerprint density at radius 3 is 2.92 bits per heavy atom. The molecule has 0 heterocycles. The van der Waals surface area contributed by atoms with E-state index >= 15 is 0 Å². The van der Waals surface area contributed by atoms with Crippen LogP contribution in [0.3, 0.4) is 0 Å². The summed E-state index contributed by atoms with van der Waals surface area (Å²) in [5.41, 5.74) is 0.862. The van der Waals surface area contributed by atoms with Gasteiger partial charge in [-0.2, -0.15) is 0 Å². The van der Waals surface area contributed by atoms with E-state index in [1.165, 1.54) is 12.1 Å². The Balaban J connectivity index is 2.75. The summed E-state index contributed by atoms with van der Waals surface area (Å²) < 4.78 is 13.6. The predicted octanol–water partition coefficient (Wildman–Crippen LogP) is 2.02. The monoisotopic (exact) mass is 233 g/mol. The van der Waals surface area contributed by atoms with Crippen molar-refractivity contribution in [3.63, 3.8) is 0 Å². The zero-order valence-corrected chi connectivity index (χ0v) is 7.97. The summed E-state index contributed by atoms with van der Waals surface area (Å²) in [6, 6.07) is 4.53. The van der Waals surface area contributed by atoms with Gasteiger partial charge in [0.1, 0.15) is 5.82 Å². The minimum atomic E-state index is -0.245. The molecule has 0 saturated carbocycles. The number of hydrogen-bond donors (Lipinski definition) is 1. The number of nitrogens with two attached hydrogens (primary N) is 1. The van der Waals surface area contributed by atoms with Crippen LogP contribution in [-0.4, -0.2) is 6.61 Å². The number of benzene rings is 1. The van der Waals surface area contributed by atoms with Gasteiger partial charge in [-0.05, 0) is 30.2 Å². The molecule has 0 aliphatic heterocycles. The third-order valence-electron chi connectivity index (χ3n) is 1.50. The second-order valence-electron chi connectivity index (χ2n) is 2.36. The molecule has 0 aliphatic carbocycles. The Labute approximate surface area is 78.6 Å². The zero-order chi connectivity index (χ0) is 8.97. The summed E-state index contributed by atoms with van der Waals surface area (Å²) in [6.07, 6.45) is 0.606. The van der Waals surface area contributed by atoms with E-state index in [4.69, 9.17) is 5.90 Å². The minimum absolute atomic E-state index is 0.245. The number of halogens is 2. The first-order valence-electron chi connectivity index (χ1n) is 3.49. The van der Waals surface area contributed by atoms with Crippen molar-refractivity contribution in [1.82, 2.24) is 0 Å². The van der Waals surface area contributed by atoms with E-state index in [-0.39, 0.29) is 5.82 Å². The first-order valence-corrected chi connectivity index (χ1v) is 4.29. The number of hydrogen-bond acceptors (Lipinski definition) is 2. The molecular weight excluding hydrogens is 225 g/mol. The highest BCUT2D eigenvalue weighted by atomic mass is 79.9. The molecule has 1 aromatic carbocycles. The summed E-state index contributed by atoms with van der Waals surface area (Å²) in [6.45, 7) is 0.391. The Bertz CT molecular complexity index is 267. The molecule has 0 unspecified atom stereocenters. The molecule has 1 aromatic rings. The largest absolute Gasteiger partial charge is 0.304 e. The van der Waals surface area contributed by atoms with Gasteiger partial charge in [-0.3, -0.25) is 0 Å². The fourth-order valence-electron chi connectivity index (χ4n) is 0.904. The van der Waals surface area contributed by atoms with Crippen LogP contribution in [0.25, 0.3) is 0 Å². The van der Waals surface area contributed by atoms with Crippen LogP contribution in [0.5, 0.6) is 0 Å². The van der Waals surface area contributed by atoms with Gasteiger partial charge in [-0.15, -0.1) is 0 Å². The Morgan fingerprint density at radius 1 is 1.50 bits per heavy atom. The first kappa shape index (κ1) is 9.64. The highest BCUT2D eigenvalue weighted by Crippen LogP contribution is 2.17. The zero-order valence-electron chi connectivity index (χ0n) is 6.39. The van der Waals surface area contributed by atoms with E-state index < -0.39 is 0 Å². The molecule has 66 valence electrons. The van der Waals surface area contributed by atoms with Crippen molar-refractivity contribution >= 4 is 15.9 Å². The molecule has 0 spiro atoms. The summed E-state index contributed by atoms with van der Waals surface area (Å²) in [7, 11) is 0. The fourth-order valence-corrected chi connectivity index (χ4v) is 1.35. The third kappa shape index (κ3) is 2.55. The van der Waals surface area contributed by atoms with Crippen LogP contribution in [-0.2, 0) is 11.3 Å². The number of rotatable bonds is 3. The van der Waals surface area contributed by atoms with E-state index in [0.29, 0.717) is 13.0 Å². The van der Waals surface area contributed by atoms with Gasteiger partial charge >= 0.3 is 0 Å². The van der Waals surface area contributed by atoms with Crippen molar-refractivity contribution in [2.45, 2.75) is 6.42 Å². The van der Waals surface area contributed by atoms with E-state index in [1.807, 2.05) is 0 Å². The maximum atomic E-state index is 12.7. The lowest BCUT2D eigenvalue weighted by molar-refractivity contribution is 0.141. The van der Waals surface area contributed by atoms with Crippen molar-refractivity contribution in [2.24, 2.45) is 5.90 Å². The van der Waals surface area contributed by atoms with Crippen molar-refractivity contribution in [3.8, 4) is 0 Å². The molecule has 0 bridgehead atoms. The predicted molar refractivity (Wildman–Crippen MR) is 47.9 cm³/mol. The molecule has 0 fully saturated rings. The van der Waals surface area contributed by atoms with Crippen molar-refractivity contribution in [1.29, 1.82) is 0 Å². The Hall–Kier alpha value is -0.450. The molecule has 0 aromatic heterocycles. The van der Waals surface area contributed by atoms with Crippen LogP contribution in [0, 0.1) is 5.82 Å². The van der Waals surface area contributed by atoms with Crippen LogP contribution in [0.2, 0.25) is 0 Å². The van der Waals surface area contributed by atoms with Gasteiger partial charge in [0.25, 0.3) is 0 Å². The molecule has 0 saturated heterocycles. The van der Waals surface area contributed by atoms with Crippen molar-refractivity contribution in [2.75, 3.05) is 6.61 Å². The molecule has 2 N–H and O–H groups in total. The normalized spacial score (nSPS) is 10.2. The second-order valence-corrected chi connectivity index (χ2v) is 3.21. The van der Waals surface area contributed by atoms with E-state index in [0.717, 1.165) is 10.0 Å². The minimum Gasteiger partial charge on any atom is -0.304 e. The first-order chi connectivity index (χ1) is 5.74. The van der Waals surface area contributed by atoms with Gasteiger partial charge < -0.3 is 4.84 Å². The maximum Gasteiger partial charge on any atom is 0.123 e. The third-order valence-corrected chi connectivity index (χ3v) is 2.27. The average Bonchev–Trinajstić information content (AvgIpc) is 2.07. The smallest absolute Gasteiger partial charge is 0.123 e. The average molecular weight is 234 g/mol. The van der Waals surface area contributed by atoms with Crippen LogP contribution in [0.4, 0.5) is 4.39 Å². The summed E-state index contributed by atoms with van der Waals surface area (Å²) in [5, 5.41) is 0. The topological polar surface area (TPSA) is 35.2 Å². The molecular formula is C8H9BrFNO. The van der Waals surface area contributed by atoms with Gasteiger partial charge in [0.2, 0.25) is 0 Å². The highest BCUT2D eigenvalue weighted by molar-refractivity contribution is 9.10. The second kappa shape index (κ2) is 4.54. The Kier molecular flexibility index (Phi) is 3.65. The van der Waals surface area contributed by atoms with Crippen LogP contribution >= 0.6 is 15.9 Å². The lowest BCUT2D eigenvalue weighted by Gasteiger charge is -2.02. The summed E-state index contributed by atoms with van der Waals surface area (Å²) in [4.78, 5) is 4.40. The molecule has 0 atom stereocenters. The van der Waals surface area contributed by atoms with Gasteiger partial charge in [0.15, 0.2) is 0 Å². The van der Waals surface area contributed by atoms with Gasteiger partial charge in [-0.1, -0.05) is 15.9 Å². The lowest BCUT2D eigenvalue weighted by Crippen LogP contribution is -2.04. The highest BCUT2D eigenvalue weighted by Gasteiger charge is 2.00. The van der Waals surface area contributed by atoms with E-state index in [1.54, 1.807) is 6.07 Å². The van der Waals surface area contributed by atoms with E-state index in [9.17, 15) is 4.39 Å².